The van der Waals surface area contributed by atoms with Crippen LogP contribution in [0.5, 0.6) is 0 Å². The number of hydrogen-bond acceptors (Lipinski definition) is 9. The SMILES string of the molecule is CO/N=C(\C(=O)NC1C(=O)N2C(C(=O)O)=C(/C=C/C[N+](C)(C)C)CS[C@H]12)c1csc(N)n1. The minimum Gasteiger partial charge on any atom is -0.477 e. The maximum atomic E-state index is 12.8. The third kappa shape index (κ3) is 4.95. The fourth-order valence-corrected chi connectivity index (χ4v) is 5.05. The van der Waals surface area contributed by atoms with Gasteiger partial charge in [0.25, 0.3) is 11.8 Å². The fourth-order valence-electron chi connectivity index (χ4n) is 3.18. The van der Waals surface area contributed by atoms with E-state index in [9.17, 15) is 19.5 Å². The first kappa shape index (κ1) is 23.8. The number of anilines is 1. The minimum atomic E-state index is -1.18. The highest BCUT2D eigenvalue weighted by Crippen LogP contribution is 2.40. The summed E-state index contributed by atoms with van der Waals surface area (Å²) in [4.78, 5) is 47.5. The Morgan fingerprint density at radius 3 is 2.75 bits per heavy atom. The molecule has 11 nitrogen and oxygen atoms in total. The molecule has 1 saturated heterocycles. The molecule has 1 unspecified atom stereocenters. The summed E-state index contributed by atoms with van der Waals surface area (Å²) >= 11 is 2.52. The zero-order valence-corrected chi connectivity index (χ0v) is 19.7. The third-order valence-electron chi connectivity index (χ3n) is 4.62. The van der Waals surface area contributed by atoms with Gasteiger partial charge >= 0.3 is 5.97 Å². The van der Waals surface area contributed by atoms with Crippen LogP contribution in [0.25, 0.3) is 0 Å². The van der Waals surface area contributed by atoms with E-state index >= 15 is 0 Å². The molecule has 2 aliphatic rings. The zero-order valence-electron chi connectivity index (χ0n) is 18.1. The second-order valence-electron chi connectivity index (χ2n) is 8.11. The average molecular weight is 482 g/mol. The van der Waals surface area contributed by atoms with Crippen LogP contribution in [0, 0.1) is 0 Å². The number of aliphatic carboxylic acids is 1. The number of quaternary nitrogens is 1. The first-order valence-corrected chi connectivity index (χ1v) is 11.5. The van der Waals surface area contributed by atoms with Crippen molar-refractivity contribution in [1.82, 2.24) is 15.2 Å². The van der Waals surface area contributed by atoms with E-state index in [2.05, 4.69) is 15.5 Å². The summed E-state index contributed by atoms with van der Waals surface area (Å²) in [5.41, 5.74) is 6.23. The number of thioether (sulfide) groups is 1. The number of nitrogen functional groups attached to an aromatic ring is 1. The molecule has 13 heteroatoms. The van der Waals surface area contributed by atoms with Crippen LogP contribution < -0.4 is 11.1 Å². The van der Waals surface area contributed by atoms with Crippen molar-refractivity contribution in [2.24, 2.45) is 5.16 Å². The van der Waals surface area contributed by atoms with Crippen LogP contribution in [0.1, 0.15) is 5.69 Å². The van der Waals surface area contributed by atoms with E-state index in [1.54, 1.807) is 11.5 Å². The number of allylic oxidation sites excluding steroid dienone is 1. The van der Waals surface area contributed by atoms with Crippen molar-refractivity contribution < 1.29 is 28.8 Å². The summed E-state index contributed by atoms with van der Waals surface area (Å²) in [7, 11) is 7.36. The van der Waals surface area contributed by atoms with Crippen LogP contribution in [-0.2, 0) is 19.2 Å². The lowest BCUT2D eigenvalue weighted by atomic mass is 10.0. The molecule has 3 rings (SSSR count). The second kappa shape index (κ2) is 9.30. The van der Waals surface area contributed by atoms with Gasteiger partial charge in [0.05, 0.1) is 27.7 Å². The van der Waals surface area contributed by atoms with Gasteiger partial charge < -0.3 is 25.5 Å². The van der Waals surface area contributed by atoms with Crippen molar-refractivity contribution >= 4 is 51.7 Å². The van der Waals surface area contributed by atoms with Gasteiger partial charge in [-0.1, -0.05) is 11.2 Å². The summed E-state index contributed by atoms with van der Waals surface area (Å²) in [6.45, 7) is 0.708. The number of amides is 2. The van der Waals surface area contributed by atoms with Crippen molar-refractivity contribution in [2.45, 2.75) is 11.4 Å². The topological polar surface area (TPSA) is 147 Å². The van der Waals surface area contributed by atoms with Gasteiger partial charge in [-0.3, -0.25) is 14.5 Å². The Balaban J connectivity index is 1.78. The highest BCUT2D eigenvalue weighted by molar-refractivity contribution is 8.00. The van der Waals surface area contributed by atoms with Gasteiger partial charge in [-0.25, -0.2) is 9.78 Å². The fraction of sp³-hybridized carbons (Fsp3) is 0.421. The number of oxime groups is 1. The number of rotatable bonds is 8. The van der Waals surface area contributed by atoms with E-state index in [-0.39, 0.29) is 22.2 Å². The number of carboxylic acid groups (broad SMARTS) is 1. The standard InChI is InChI=1S/C19H24N6O5S2/c1-25(2,3)7-5-6-10-8-31-17-13(16(27)24(17)14(10)18(28)29)22-15(26)12(23-30-4)11-9-32-19(20)21-11/h5-6,9,13,17H,7-8H2,1-4H3,(H3-,20,21,22,26,28,29)/p+1/b6-5+,23-12-/t13?,17-/m1/s1. The monoisotopic (exact) mass is 481 g/mol. The molecule has 1 aromatic heterocycles. The zero-order chi connectivity index (χ0) is 23.6. The van der Waals surface area contributed by atoms with Gasteiger partial charge in [-0.2, -0.15) is 0 Å². The van der Waals surface area contributed by atoms with Crippen LogP contribution in [-0.4, -0.2) is 94.9 Å². The molecule has 0 aromatic carbocycles. The Morgan fingerprint density at radius 2 is 2.19 bits per heavy atom. The molecule has 0 bridgehead atoms. The maximum Gasteiger partial charge on any atom is 0.352 e. The number of nitrogens with two attached hydrogens (primary N) is 1. The molecule has 2 aliphatic heterocycles. The molecule has 1 fully saturated rings. The first-order chi connectivity index (χ1) is 15.0. The molecule has 172 valence electrons. The number of thiazole rings is 1. The Kier molecular flexibility index (Phi) is 6.91. The number of fused-ring (bicyclic) bond motifs is 1. The summed E-state index contributed by atoms with van der Waals surface area (Å²) < 4.78 is 0.689. The minimum absolute atomic E-state index is 0.0556. The number of likely N-dealkylation sites (N-methyl/N-ethyl adjacent to an activating group) is 1. The molecule has 2 atom stereocenters. The Labute approximate surface area is 193 Å². The lowest BCUT2D eigenvalue weighted by molar-refractivity contribution is -0.864. The van der Waals surface area contributed by atoms with Gasteiger partial charge in [0.15, 0.2) is 10.8 Å². The van der Waals surface area contributed by atoms with Gasteiger partial charge in [0.2, 0.25) is 0 Å². The van der Waals surface area contributed by atoms with Gasteiger partial charge in [-0.15, -0.1) is 23.1 Å². The van der Waals surface area contributed by atoms with E-state index in [1.165, 1.54) is 23.8 Å². The third-order valence-corrected chi connectivity index (χ3v) is 6.60. The summed E-state index contributed by atoms with van der Waals surface area (Å²) in [5.74, 6) is -1.94. The number of hydrogen-bond donors (Lipinski definition) is 3. The van der Waals surface area contributed by atoms with Crippen LogP contribution in [0.3, 0.4) is 0 Å². The van der Waals surface area contributed by atoms with Crippen molar-refractivity contribution in [3.63, 3.8) is 0 Å². The van der Waals surface area contributed by atoms with Gasteiger partial charge in [0, 0.05) is 11.1 Å². The number of carboxylic acids is 1. The summed E-state index contributed by atoms with van der Waals surface area (Å²) in [6, 6.07) is -0.892. The number of carbonyl (C=O) groups is 3. The summed E-state index contributed by atoms with van der Waals surface area (Å²) in [5, 5.41) is 17.3. The lowest BCUT2D eigenvalue weighted by Crippen LogP contribution is -2.71. The van der Waals surface area contributed by atoms with E-state index in [4.69, 9.17) is 10.6 Å². The number of nitrogens with zero attached hydrogens (tertiary/aromatic N) is 4. The largest absolute Gasteiger partial charge is 0.477 e. The second-order valence-corrected chi connectivity index (χ2v) is 10.1. The average Bonchev–Trinajstić information content (AvgIpc) is 3.14. The number of carbonyl (C=O) groups excluding carboxylic acids is 2. The quantitative estimate of drug-likeness (QED) is 0.205. The van der Waals surface area contributed by atoms with Gasteiger partial charge in [0.1, 0.15) is 29.9 Å². The smallest absolute Gasteiger partial charge is 0.352 e. The van der Waals surface area contributed by atoms with Crippen LogP contribution in [0.15, 0.2) is 34.0 Å². The van der Waals surface area contributed by atoms with Gasteiger partial charge in [-0.05, 0) is 11.6 Å². The number of aromatic nitrogens is 1. The van der Waals surface area contributed by atoms with Crippen molar-refractivity contribution in [3.8, 4) is 0 Å². The molecule has 0 spiro atoms. The molecule has 0 saturated carbocycles. The molecule has 1 aromatic rings. The first-order valence-electron chi connectivity index (χ1n) is 9.55. The normalized spacial score (nSPS) is 21.4. The van der Waals surface area contributed by atoms with Crippen molar-refractivity contribution in [2.75, 3.05) is 46.3 Å². The molecule has 4 N–H and O–H groups in total. The maximum absolute atomic E-state index is 12.8. The Hall–Kier alpha value is -2.90. The molecule has 0 radical (unpaired) electrons. The Bertz CT molecular complexity index is 1030. The Morgan fingerprint density at radius 1 is 1.47 bits per heavy atom. The lowest BCUT2D eigenvalue weighted by Gasteiger charge is -2.49. The van der Waals surface area contributed by atoms with E-state index in [1.807, 2.05) is 27.2 Å². The highest BCUT2D eigenvalue weighted by atomic mass is 32.2. The molecule has 3 heterocycles. The molecular weight excluding hydrogens is 456 g/mol. The number of nitrogens with one attached hydrogen (secondary N) is 1. The molecule has 0 aliphatic carbocycles. The van der Waals surface area contributed by atoms with Crippen LogP contribution >= 0.6 is 23.1 Å². The van der Waals surface area contributed by atoms with Crippen molar-refractivity contribution in [1.29, 1.82) is 0 Å². The summed E-state index contributed by atoms with van der Waals surface area (Å²) in [6.07, 6.45) is 3.65. The predicted octanol–water partition coefficient (Wildman–Crippen LogP) is 0.0768. The molecule has 32 heavy (non-hydrogen) atoms. The molecular formula is C19H25N6O5S2+. The van der Waals surface area contributed by atoms with Crippen LogP contribution in [0.4, 0.5) is 5.13 Å². The van der Waals surface area contributed by atoms with E-state index < -0.39 is 29.2 Å². The predicted molar refractivity (Wildman–Crippen MR) is 122 cm³/mol. The van der Waals surface area contributed by atoms with E-state index in [0.717, 1.165) is 11.3 Å². The van der Waals surface area contributed by atoms with Crippen molar-refractivity contribution in [3.05, 3.63) is 34.5 Å². The number of β-lactam (4-membered cyclic amide) rings is 1. The highest BCUT2D eigenvalue weighted by Gasteiger charge is 2.54. The molecule has 2 amide bonds. The van der Waals surface area contributed by atoms with E-state index in [0.29, 0.717) is 22.4 Å². The van der Waals surface area contributed by atoms with Crippen LogP contribution in [0.2, 0.25) is 0 Å².